The Balaban J connectivity index is 1.00. The molecule has 52 heavy (non-hydrogen) atoms. The van der Waals surface area contributed by atoms with Crippen LogP contribution < -0.4 is 4.90 Å². The molecule has 2 unspecified atom stereocenters. The van der Waals surface area contributed by atoms with Gasteiger partial charge in [0, 0.05) is 33.2 Å². The summed E-state index contributed by atoms with van der Waals surface area (Å²) in [5, 5.41) is 2.27. The van der Waals surface area contributed by atoms with Gasteiger partial charge in [-0.2, -0.15) is 0 Å². The maximum atomic E-state index is 6.07. The molecule has 0 amide bonds. The Morgan fingerprint density at radius 2 is 1.02 bits per heavy atom. The molecule has 0 saturated carbocycles. The number of rotatable bonds is 6. The van der Waals surface area contributed by atoms with Gasteiger partial charge in [0.15, 0.2) is 0 Å². The topological polar surface area (TPSA) is 41.6 Å². The van der Waals surface area contributed by atoms with E-state index in [9.17, 15) is 0 Å². The average molecular weight is 668 g/mol. The second-order valence-corrected chi connectivity index (χ2v) is 13.4. The van der Waals surface area contributed by atoms with Crippen LogP contribution in [0, 0.1) is 0 Å². The second kappa shape index (κ2) is 12.5. The quantitative estimate of drug-likeness (QED) is 0.177. The lowest BCUT2D eigenvalue weighted by molar-refractivity contribution is 0.669. The highest BCUT2D eigenvalue weighted by atomic mass is 16.3. The van der Waals surface area contributed by atoms with Gasteiger partial charge < -0.3 is 9.32 Å². The zero-order valence-corrected chi connectivity index (χ0v) is 28.3. The Morgan fingerprint density at radius 3 is 1.79 bits per heavy atom. The van der Waals surface area contributed by atoms with Crippen molar-refractivity contribution in [3.8, 4) is 44.8 Å². The van der Waals surface area contributed by atoms with E-state index in [0.29, 0.717) is 0 Å². The van der Waals surface area contributed by atoms with E-state index < -0.39 is 0 Å². The standard InChI is InChI=1S/C48H33N3O/c1-3-11-34(12-4-1)43-30-38(33-21-19-32(20-22-33)37-27-28-47-41(29-37)40-15-7-10-18-46(40)52-47)31-44(49-43)35-23-25-36(26-24-35)48-50-42-16-8-9-17-45(42)51(48)39-13-5-2-6-14-39/h1-31,42,45H. The molecule has 2 aromatic heterocycles. The zero-order valence-electron chi connectivity index (χ0n) is 28.3. The smallest absolute Gasteiger partial charge is 0.136 e. The van der Waals surface area contributed by atoms with Crippen LogP contribution in [0.1, 0.15) is 5.56 Å². The predicted octanol–water partition coefficient (Wildman–Crippen LogP) is 11.8. The van der Waals surface area contributed by atoms with Crippen molar-refractivity contribution in [2.24, 2.45) is 4.99 Å². The summed E-state index contributed by atoms with van der Waals surface area (Å²) >= 11 is 0. The van der Waals surface area contributed by atoms with E-state index in [-0.39, 0.29) is 12.1 Å². The van der Waals surface area contributed by atoms with E-state index in [4.69, 9.17) is 14.4 Å². The molecule has 1 aliphatic heterocycles. The van der Waals surface area contributed by atoms with Crippen LogP contribution in [0.4, 0.5) is 5.69 Å². The number of hydrogen-bond donors (Lipinski definition) is 0. The third-order valence-corrected chi connectivity index (χ3v) is 10.2. The summed E-state index contributed by atoms with van der Waals surface area (Å²) in [4.78, 5) is 12.7. The second-order valence-electron chi connectivity index (χ2n) is 13.4. The molecule has 3 heterocycles. The summed E-state index contributed by atoms with van der Waals surface area (Å²) in [5.74, 6) is 0.982. The Bertz CT molecular complexity index is 2670. The third-order valence-electron chi connectivity index (χ3n) is 10.2. The van der Waals surface area contributed by atoms with Gasteiger partial charge in [0.05, 0.1) is 23.5 Å². The molecule has 0 saturated heterocycles. The molecular weight excluding hydrogens is 635 g/mol. The molecule has 6 aromatic carbocycles. The average Bonchev–Trinajstić information content (AvgIpc) is 3.80. The van der Waals surface area contributed by atoms with Crippen LogP contribution in [0.15, 0.2) is 198 Å². The summed E-state index contributed by atoms with van der Waals surface area (Å²) in [6.07, 6.45) is 8.65. The fraction of sp³-hybridized carbons (Fsp3) is 0.0417. The molecule has 0 radical (unpaired) electrons. The van der Waals surface area contributed by atoms with Crippen LogP contribution in [-0.4, -0.2) is 22.9 Å². The number of furan rings is 1. The summed E-state index contributed by atoms with van der Waals surface area (Å²) in [5.41, 5.74) is 12.6. The van der Waals surface area contributed by atoms with Gasteiger partial charge in [0.2, 0.25) is 0 Å². The van der Waals surface area contributed by atoms with Crippen molar-refractivity contribution in [2.75, 3.05) is 4.90 Å². The van der Waals surface area contributed by atoms with Crippen LogP contribution in [0.2, 0.25) is 0 Å². The highest BCUT2D eigenvalue weighted by Crippen LogP contribution is 2.36. The predicted molar refractivity (Wildman–Crippen MR) is 215 cm³/mol. The van der Waals surface area contributed by atoms with Gasteiger partial charge in [0.25, 0.3) is 0 Å². The van der Waals surface area contributed by atoms with Crippen molar-refractivity contribution in [1.82, 2.24) is 4.98 Å². The lowest BCUT2D eigenvalue weighted by atomic mass is 9.97. The van der Waals surface area contributed by atoms with E-state index in [1.54, 1.807) is 0 Å². The van der Waals surface area contributed by atoms with E-state index in [2.05, 4.69) is 175 Å². The highest BCUT2D eigenvalue weighted by molar-refractivity contribution is 6.12. The van der Waals surface area contributed by atoms with Gasteiger partial charge in [-0.05, 0) is 64.7 Å². The zero-order chi connectivity index (χ0) is 34.4. The summed E-state index contributed by atoms with van der Waals surface area (Å²) in [6.45, 7) is 0. The van der Waals surface area contributed by atoms with Crippen LogP contribution in [0.3, 0.4) is 0 Å². The number of hydrogen-bond acceptors (Lipinski definition) is 4. The molecule has 4 nitrogen and oxygen atoms in total. The monoisotopic (exact) mass is 667 g/mol. The normalized spacial score (nSPS) is 16.4. The first-order valence-electron chi connectivity index (χ1n) is 17.7. The Morgan fingerprint density at radius 1 is 0.442 bits per heavy atom. The molecule has 0 spiro atoms. The molecule has 0 fully saturated rings. The third kappa shape index (κ3) is 5.33. The number of para-hydroxylation sites is 2. The molecule has 8 aromatic rings. The number of aromatic nitrogens is 1. The minimum absolute atomic E-state index is 0.0893. The summed E-state index contributed by atoms with van der Waals surface area (Å²) in [7, 11) is 0. The lowest BCUT2D eigenvalue weighted by Gasteiger charge is -2.29. The van der Waals surface area contributed by atoms with Crippen LogP contribution in [-0.2, 0) is 0 Å². The summed E-state index contributed by atoms with van der Waals surface area (Å²) in [6, 6.07) is 57.8. The van der Waals surface area contributed by atoms with E-state index in [1.807, 2.05) is 18.2 Å². The SMILES string of the molecule is C1=CC2N=C(c3ccc(-c4cc(-c5ccc(-c6ccc7oc8ccccc8c7c6)cc5)cc(-c5ccccc5)n4)cc3)N(c3ccccc3)C2C=C1. The molecule has 10 rings (SSSR count). The van der Waals surface area contributed by atoms with Gasteiger partial charge in [-0.1, -0.05) is 146 Å². The molecule has 0 N–H and O–H groups in total. The van der Waals surface area contributed by atoms with Crippen molar-refractivity contribution >= 4 is 33.5 Å². The van der Waals surface area contributed by atoms with Crippen molar-refractivity contribution in [3.05, 3.63) is 194 Å². The first-order valence-corrected chi connectivity index (χ1v) is 17.7. The molecule has 4 heteroatoms. The number of pyridine rings is 1. The number of aliphatic imine (C=N–C) groups is 1. The number of anilines is 1. The van der Waals surface area contributed by atoms with Gasteiger partial charge in [-0.15, -0.1) is 0 Å². The largest absolute Gasteiger partial charge is 0.456 e. The van der Waals surface area contributed by atoms with Crippen LogP contribution >= 0.6 is 0 Å². The highest BCUT2D eigenvalue weighted by Gasteiger charge is 2.35. The lowest BCUT2D eigenvalue weighted by Crippen LogP contribution is -2.39. The molecule has 2 aliphatic rings. The van der Waals surface area contributed by atoms with Gasteiger partial charge in [0.1, 0.15) is 17.0 Å². The number of allylic oxidation sites excluding steroid dienone is 2. The molecule has 2 atom stereocenters. The van der Waals surface area contributed by atoms with Crippen molar-refractivity contribution in [1.29, 1.82) is 0 Å². The Hall–Kier alpha value is -6.78. The molecule has 0 bridgehead atoms. The Kier molecular flexibility index (Phi) is 7.24. The van der Waals surface area contributed by atoms with E-state index in [0.717, 1.165) is 83.8 Å². The minimum Gasteiger partial charge on any atom is -0.456 e. The van der Waals surface area contributed by atoms with Crippen LogP contribution in [0.5, 0.6) is 0 Å². The number of nitrogens with zero attached hydrogens (tertiary/aromatic N) is 3. The molecular formula is C48H33N3O. The van der Waals surface area contributed by atoms with E-state index >= 15 is 0 Å². The fourth-order valence-electron chi connectivity index (χ4n) is 7.54. The first kappa shape index (κ1) is 30.1. The maximum absolute atomic E-state index is 6.07. The molecule has 1 aliphatic carbocycles. The van der Waals surface area contributed by atoms with Crippen LogP contribution in [0.25, 0.3) is 66.7 Å². The minimum atomic E-state index is 0.0893. The van der Waals surface area contributed by atoms with Gasteiger partial charge in [-0.25, -0.2) is 4.98 Å². The first-order chi connectivity index (χ1) is 25.7. The van der Waals surface area contributed by atoms with E-state index in [1.165, 1.54) is 0 Å². The van der Waals surface area contributed by atoms with Crippen molar-refractivity contribution < 1.29 is 4.42 Å². The number of fused-ring (bicyclic) bond motifs is 4. The number of amidine groups is 1. The molecule has 246 valence electrons. The van der Waals surface area contributed by atoms with Crippen molar-refractivity contribution in [3.63, 3.8) is 0 Å². The fourth-order valence-corrected chi connectivity index (χ4v) is 7.54. The summed E-state index contributed by atoms with van der Waals surface area (Å²) < 4.78 is 6.07. The maximum Gasteiger partial charge on any atom is 0.136 e. The van der Waals surface area contributed by atoms with Gasteiger partial charge >= 0.3 is 0 Å². The number of benzene rings is 6. The van der Waals surface area contributed by atoms with Crippen molar-refractivity contribution in [2.45, 2.75) is 12.1 Å². The Labute approximate surface area is 302 Å². The van der Waals surface area contributed by atoms with Gasteiger partial charge in [-0.3, -0.25) is 4.99 Å².